The van der Waals surface area contributed by atoms with Gasteiger partial charge < -0.3 is 20.1 Å². The summed E-state index contributed by atoms with van der Waals surface area (Å²) in [6.45, 7) is 2.35. The number of rotatable bonds is 5. The van der Waals surface area contributed by atoms with Crippen molar-refractivity contribution in [2.75, 3.05) is 25.4 Å². The third-order valence-electron chi connectivity index (χ3n) is 5.70. The predicted molar refractivity (Wildman–Crippen MR) is 118 cm³/mol. The second-order valence-corrected chi connectivity index (χ2v) is 8.98. The second-order valence-electron chi connectivity index (χ2n) is 7.67. The number of fused-ring (bicyclic) bond motifs is 3. The van der Waals surface area contributed by atoms with Crippen LogP contribution in [0, 0.1) is 0 Å². The lowest BCUT2D eigenvalue weighted by molar-refractivity contribution is -0.138. The number of carboxylic acid groups (broad SMARTS) is 1. The molecule has 7 nitrogen and oxygen atoms in total. The molecule has 2 atom stereocenters. The average molecular weight is 441 g/mol. The molecule has 0 bridgehead atoms. The number of hydrogen-bond acceptors (Lipinski definition) is 5. The van der Waals surface area contributed by atoms with Crippen LogP contribution in [0.4, 0.5) is 4.79 Å². The van der Waals surface area contributed by atoms with Crippen molar-refractivity contribution in [2.45, 2.75) is 24.1 Å². The van der Waals surface area contributed by atoms with E-state index in [0.29, 0.717) is 12.3 Å². The summed E-state index contributed by atoms with van der Waals surface area (Å²) in [7, 11) is 0. The van der Waals surface area contributed by atoms with Crippen molar-refractivity contribution in [1.29, 1.82) is 0 Å². The number of ether oxygens (including phenoxy) is 1. The molecule has 1 fully saturated rings. The van der Waals surface area contributed by atoms with Crippen molar-refractivity contribution in [3.05, 3.63) is 59.7 Å². The number of carbonyl (C=O) groups excluding carboxylic acids is 2. The lowest BCUT2D eigenvalue weighted by Gasteiger charge is -2.32. The van der Waals surface area contributed by atoms with E-state index in [9.17, 15) is 19.5 Å². The Morgan fingerprint density at radius 3 is 2.35 bits per heavy atom. The van der Waals surface area contributed by atoms with Gasteiger partial charge in [-0.3, -0.25) is 9.59 Å². The fourth-order valence-corrected chi connectivity index (χ4v) is 5.19. The lowest BCUT2D eigenvalue weighted by atomic mass is 9.98. The number of alkyl carbamates (subject to hydrolysis) is 1. The average Bonchev–Trinajstić information content (AvgIpc) is 3.11. The summed E-state index contributed by atoms with van der Waals surface area (Å²) in [5.41, 5.74) is 4.52. The highest BCUT2D eigenvalue weighted by Gasteiger charge is 2.32. The number of aliphatic carboxylic acids is 1. The van der Waals surface area contributed by atoms with Crippen LogP contribution in [0.15, 0.2) is 48.5 Å². The van der Waals surface area contributed by atoms with Gasteiger partial charge in [-0.1, -0.05) is 48.5 Å². The first-order chi connectivity index (χ1) is 15.0. The molecule has 0 aromatic heterocycles. The summed E-state index contributed by atoms with van der Waals surface area (Å²) in [4.78, 5) is 37.7. The third kappa shape index (κ3) is 4.39. The minimum atomic E-state index is -0.931. The molecule has 162 valence electrons. The first-order valence-corrected chi connectivity index (χ1v) is 11.2. The number of carbonyl (C=O) groups is 3. The number of nitrogens with one attached hydrogen (secondary N) is 1. The summed E-state index contributed by atoms with van der Waals surface area (Å²) in [5.74, 6) is -0.736. The van der Waals surface area contributed by atoms with Gasteiger partial charge in [0.15, 0.2) is 0 Å². The summed E-state index contributed by atoms with van der Waals surface area (Å²) >= 11 is 1.32. The molecule has 2 amide bonds. The Hall–Kier alpha value is -3.00. The van der Waals surface area contributed by atoms with Crippen molar-refractivity contribution >= 4 is 29.7 Å². The molecule has 1 aliphatic heterocycles. The Kier molecular flexibility index (Phi) is 6.18. The summed E-state index contributed by atoms with van der Waals surface area (Å²) in [6, 6.07) is 15.3. The van der Waals surface area contributed by atoms with Crippen LogP contribution in [0.25, 0.3) is 11.1 Å². The second kappa shape index (κ2) is 9.01. The molecule has 1 heterocycles. The van der Waals surface area contributed by atoms with Crippen molar-refractivity contribution in [3.63, 3.8) is 0 Å². The third-order valence-corrected chi connectivity index (χ3v) is 6.87. The van der Waals surface area contributed by atoms with E-state index in [-0.39, 0.29) is 25.0 Å². The van der Waals surface area contributed by atoms with Crippen LogP contribution in [0.1, 0.15) is 24.0 Å². The maximum Gasteiger partial charge on any atom is 0.407 e. The highest BCUT2D eigenvalue weighted by molar-refractivity contribution is 8.00. The molecule has 1 saturated heterocycles. The molecule has 2 aromatic rings. The minimum absolute atomic E-state index is 0.0559. The first-order valence-electron chi connectivity index (χ1n) is 10.2. The van der Waals surface area contributed by atoms with Gasteiger partial charge in [0.1, 0.15) is 17.9 Å². The standard InChI is InChI=1S/C23H24N2O5S/c1-14(21(26)25-10-11-31-20(12-25)22(27)28)24-23(29)30-13-19-17-8-4-2-6-15(17)16-7-3-5-9-18(16)19/h2-9,14,19-20H,10-13H2,1H3,(H,24,29)(H,27,28). The van der Waals surface area contributed by atoms with Crippen LogP contribution < -0.4 is 5.32 Å². The number of amides is 2. The van der Waals surface area contributed by atoms with Gasteiger partial charge in [-0.2, -0.15) is 0 Å². The van der Waals surface area contributed by atoms with Crippen molar-refractivity contribution in [1.82, 2.24) is 10.2 Å². The van der Waals surface area contributed by atoms with Gasteiger partial charge in [-0.05, 0) is 29.2 Å². The highest BCUT2D eigenvalue weighted by Crippen LogP contribution is 2.44. The Morgan fingerprint density at radius 1 is 1.13 bits per heavy atom. The molecule has 2 N–H and O–H groups in total. The van der Waals surface area contributed by atoms with Gasteiger partial charge in [0.25, 0.3) is 0 Å². The maximum absolute atomic E-state index is 12.6. The molecule has 4 rings (SSSR count). The Bertz CT molecular complexity index is 965. The highest BCUT2D eigenvalue weighted by atomic mass is 32.2. The van der Waals surface area contributed by atoms with Gasteiger partial charge in [0.05, 0.1) is 0 Å². The van der Waals surface area contributed by atoms with Gasteiger partial charge in [-0.25, -0.2) is 4.79 Å². The van der Waals surface area contributed by atoms with E-state index in [2.05, 4.69) is 17.4 Å². The quantitative estimate of drug-likeness (QED) is 0.742. The fourth-order valence-electron chi connectivity index (χ4n) is 4.15. The minimum Gasteiger partial charge on any atom is -0.480 e. The Balaban J connectivity index is 1.35. The molecule has 0 radical (unpaired) electrons. The molecule has 0 spiro atoms. The number of carboxylic acids is 1. The van der Waals surface area contributed by atoms with E-state index < -0.39 is 23.4 Å². The van der Waals surface area contributed by atoms with Gasteiger partial charge >= 0.3 is 12.1 Å². The van der Waals surface area contributed by atoms with Crippen molar-refractivity contribution in [2.24, 2.45) is 0 Å². The molecule has 0 saturated carbocycles. The topological polar surface area (TPSA) is 95.9 Å². The summed E-state index contributed by atoms with van der Waals surface area (Å²) in [6.07, 6.45) is -0.663. The van der Waals surface area contributed by atoms with E-state index in [1.165, 1.54) is 16.7 Å². The molecule has 2 aliphatic rings. The van der Waals surface area contributed by atoms with Gasteiger partial charge in [0.2, 0.25) is 5.91 Å². The summed E-state index contributed by atoms with van der Waals surface area (Å²) < 4.78 is 5.49. The molecule has 31 heavy (non-hydrogen) atoms. The number of hydrogen-bond donors (Lipinski definition) is 2. The van der Waals surface area contributed by atoms with Crippen LogP contribution >= 0.6 is 11.8 Å². The number of thioether (sulfide) groups is 1. The normalized spacial score (nSPS) is 18.6. The smallest absolute Gasteiger partial charge is 0.407 e. The molecule has 1 aliphatic carbocycles. The van der Waals surface area contributed by atoms with Gasteiger partial charge in [0, 0.05) is 24.8 Å². The fraction of sp³-hybridized carbons (Fsp3) is 0.348. The zero-order valence-electron chi connectivity index (χ0n) is 17.1. The van der Waals surface area contributed by atoms with Crippen LogP contribution in [0.3, 0.4) is 0 Å². The first kappa shape index (κ1) is 21.2. The Morgan fingerprint density at radius 2 is 1.74 bits per heavy atom. The molecular weight excluding hydrogens is 416 g/mol. The zero-order chi connectivity index (χ0) is 22.0. The Labute approximate surface area is 184 Å². The van der Waals surface area contributed by atoms with E-state index in [0.717, 1.165) is 22.3 Å². The molecule has 2 unspecified atom stereocenters. The molecular formula is C23H24N2O5S. The predicted octanol–water partition coefficient (Wildman–Crippen LogP) is 2.94. The van der Waals surface area contributed by atoms with Crippen LogP contribution in [0.2, 0.25) is 0 Å². The monoisotopic (exact) mass is 440 g/mol. The van der Waals surface area contributed by atoms with Crippen LogP contribution in [-0.4, -0.2) is 64.7 Å². The molecule has 2 aromatic carbocycles. The lowest BCUT2D eigenvalue weighted by Crippen LogP contribution is -2.52. The SMILES string of the molecule is CC(NC(=O)OCC1c2ccccc2-c2ccccc21)C(=O)N1CCSC(C(=O)O)C1. The van der Waals surface area contributed by atoms with E-state index in [1.807, 2.05) is 36.4 Å². The van der Waals surface area contributed by atoms with E-state index >= 15 is 0 Å². The number of benzene rings is 2. The zero-order valence-corrected chi connectivity index (χ0v) is 17.9. The van der Waals surface area contributed by atoms with Gasteiger partial charge in [-0.15, -0.1) is 11.8 Å². The van der Waals surface area contributed by atoms with Crippen molar-refractivity contribution < 1.29 is 24.2 Å². The molecule has 8 heteroatoms. The van der Waals surface area contributed by atoms with E-state index in [4.69, 9.17) is 4.74 Å². The van der Waals surface area contributed by atoms with Crippen LogP contribution in [0.5, 0.6) is 0 Å². The largest absolute Gasteiger partial charge is 0.480 e. The van der Waals surface area contributed by atoms with E-state index in [1.54, 1.807) is 6.92 Å². The number of nitrogens with zero attached hydrogens (tertiary/aromatic N) is 1. The van der Waals surface area contributed by atoms with Crippen LogP contribution in [-0.2, 0) is 14.3 Å². The maximum atomic E-state index is 12.6. The van der Waals surface area contributed by atoms with Crippen molar-refractivity contribution in [3.8, 4) is 11.1 Å². The summed E-state index contributed by atoms with van der Waals surface area (Å²) in [5, 5.41) is 11.1.